The lowest BCUT2D eigenvalue weighted by molar-refractivity contribution is -0.131. The van der Waals surface area contributed by atoms with Gasteiger partial charge in [0.25, 0.3) is 5.91 Å². The maximum atomic E-state index is 12.1. The van der Waals surface area contributed by atoms with Crippen LogP contribution in [0.5, 0.6) is 0 Å². The number of nitrogens with zero attached hydrogens (tertiary/aromatic N) is 1. The van der Waals surface area contributed by atoms with Crippen molar-refractivity contribution in [3.8, 4) is 0 Å². The van der Waals surface area contributed by atoms with Crippen molar-refractivity contribution >= 4 is 11.6 Å². The normalized spacial score (nSPS) is 16.7. The van der Waals surface area contributed by atoms with Crippen LogP contribution >= 0.6 is 0 Å². The molecule has 0 aromatic heterocycles. The number of hydrogen-bond donors (Lipinski definition) is 1. The zero-order chi connectivity index (χ0) is 15.2. The number of nitrogens with one attached hydrogen (secondary N) is 1. The van der Waals surface area contributed by atoms with E-state index in [0.717, 1.165) is 17.7 Å². The minimum absolute atomic E-state index is 0.106. The van der Waals surface area contributed by atoms with Gasteiger partial charge in [0.15, 0.2) is 0 Å². The second-order valence-electron chi connectivity index (χ2n) is 5.23. The molecule has 2 aromatic rings. The average Bonchev–Trinajstić information content (AvgIpc) is 3.07. The summed E-state index contributed by atoms with van der Waals surface area (Å²) in [4.78, 5) is 17.4. The zero-order valence-corrected chi connectivity index (χ0v) is 12.2. The molecule has 1 heterocycles. The number of carbonyl (C=O) groups is 1. The van der Waals surface area contributed by atoms with E-state index in [1.165, 1.54) is 5.56 Å². The third-order valence-corrected chi connectivity index (χ3v) is 3.62. The Hall–Kier alpha value is -2.62. The largest absolute Gasteiger partial charge is 0.382 e. The second-order valence-corrected chi connectivity index (χ2v) is 5.23. The molecule has 0 aliphatic carbocycles. The van der Waals surface area contributed by atoms with Gasteiger partial charge in [0.05, 0.1) is 5.71 Å². The van der Waals surface area contributed by atoms with Crippen LogP contribution < -0.4 is 5.32 Å². The number of oxime groups is 1. The minimum Gasteiger partial charge on any atom is -0.382 e. The quantitative estimate of drug-likeness (QED) is 0.921. The first kappa shape index (κ1) is 14.3. The van der Waals surface area contributed by atoms with E-state index in [9.17, 15) is 4.79 Å². The summed E-state index contributed by atoms with van der Waals surface area (Å²) in [5, 5.41) is 6.94. The predicted molar refractivity (Wildman–Crippen MR) is 85.6 cm³/mol. The van der Waals surface area contributed by atoms with E-state index < -0.39 is 6.10 Å². The maximum absolute atomic E-state index is 12.1. The van der Waals surface area contributed by atoms with Gasteiger partial charge in [0.1, 0.15) is 0 Å². The molecule has 0 saturated carbocycles. The van der Waals surface area contributed by atoms with E-state index in [2.05, 4.69) is 22.6 Å². The van der Waals surface area contributed by atoms with E-state index in [1.54, 1.807) is 0 Å². The average molecular weight is 294 g/mol. The minimum atomic E-state index is -0.522. The molecule has 0 bridgehead atoms. The summed E-state index contributed by atoms with van der Waals surface area (Å²) in [5.41, 5.74) is 3.03. The smallest absolute Gasteiger partial charge is 0.264 e. The maximum Gasteiger partial charge on any atom is 0.264 e. The summed E-state index contributed by atoms with van der Waals surface area (Å²) in [6.45, 7) is 0.601. The number of carbonyl (C=O) groups excluding carboxylic acids is 1. The van der Waals surface area contributed by atoms with Crippen LogP contribution in [-0.2, 0) is 16.1 Å². The predicted octanol–water partition coefficient (Wildman–Crippen LogP) is 2.54. The van der Waals surface area contributed by atoms with Crippen molar-refractivity contribution in [3.63, 3.8) is 0 Å². The monoisotopic (exact) mass is 294 g/mol. The summed E-state index contributed by atoms with van der Waals surface area (Å²) >= 11 is 0. The Labute approximate surface area is 129 Å². The van der Waals surface area contributed by atoms with E-state index in [-0.39, 0.29) is 5.91 Å². The lowest BCUT2D eigenvalue weighted by atomic mass is 10.0. The van der Waals surface area contributed by atoms with Crippen molar-refractivity contribution in [3.05, 3.63) is 71.8 Å². The molecule has 112 valence electrons. The molecule has 3 rings (SSSR count). The number of rotatable bonds is 5. The Balaban J connectivity index is 1.47. The lowest BCUT2D eigenvalue weighted by Crippen LogP contribution is -2.36. The van der Waals surface area contributed by atoms with Gasteiger partial charge in [-0.25, -0.2) is 0 Å². The van der Waals surface area contributed by atoms with Crippen LogP contribution in [-0.4, -0.2) is 24.3 Å². The van der Waals surface area contributed by atoms with Gasteiger partial charge in [-0.2, -0.15) is 0 Å². The van der Waals surface area contributed by atoms with Crippen LogP contribution in [0.15, 0.2) is 65.8 Å². The highest BCUT2D eigenvalue weighted by molar-refractivity contribution is 6.04. The summed E-state index contributed by atoms with van der Waals surface area (Å²) in [5.74, 6) is -0.106. The SMILES string of the molecule is O=C(NCCc1ccccc1)C1CC(c2ccccc2)=NO1. The van der Waals surface area contributed by atoms with Crippen molar-refractivity contribution < 1.29 is 9.63 Å². The summed E-state index contributed by atoms with van der Waals surface area (Å²) < 4.78 is 0. The first-order valence-electron chi connectivity index (χ1n) is 7.42. The molecule has 1 N–H and O–H groups in total. The van der Waals surface area contributed by atoms with Gasteiger partial charge in [-0.05, 0) is 17.5 Å². The summed E-state index contributed by atoms with van der Waals surface area (Å²) in [7, 11) is 0. The third-order valence-electron chi connectivity index (χ3n) is 3.62. The molecule has 1 unspecified atom stereocenters. The fourth-order valence-corrected chi connectivity index (χ4v) is 2.41. The molecule has 1 aliphatic rings. The van der Waals surface area contributed by atoms with Crippen LogP contribution in [0.3, 0.4) is 0 Å². The van der Waals surface area contributed by atoms with E-state index >= 15 is 0 Å². The fraction of sp³-hybridized carbons (Fsp3) is 0.222. The Bertz CT molecular complexity index is 653. The van der Waals surface area contributed by atoms with E-state index in [0.29, 0.717) is 13.0 Å². The lowest BCUT2D eigenvalue weighted by Gasteiger charge is -2.09. The molecule has 22 heavy (non-hydrogen) atoms. The van der Waals surface area contributed by atoms with Gasteiger partial charge < -0.3 is 10.2 Å². The highest BCUT2D eigenvalue weighted by Gasteiger charge is 2.28. The summed E-state index contributed by atoms with van der Waals surface area (Å²) in [6, 6.07) is 19.9. The van der Waals surface area contributed by atoms with E-state index in [1.807, 2.05) is 48.5 Å². The van der Waals surface area contributed by atoms with Crippen molar-refractivity contribution in [1.82, 2.24) is 5.32 Å². The van der Waals surface area contributed by atoms with Crippen LogP contribution in [0, 0.1) is 0 Å². The molecule has 4 nitrogen and oxygen atoms in total. The van der Waals surface area contributed by atoms with E-state index in [4.69, 9.17) is 4.84 Å². The van der Waals surface area contributed by atoms with Gasteiger partial charge in [-0.1, -0.05) is 65.8 Å². The number of hydrogen-bond acceptors (Lipinski definition) is 3. The molecule has 0 radical (unpaired) electrons. The molecule has 2 aromatic carbocycles. The van der Waals surface area contributed by atoms with Crippen LogP contribution in [0.25, 0.3) is 0 Å². The Morgan fingerprint density at radius 3 is 2.50 bits per heavy atom. The van der Waals surface area contributed by atoms with Crippen LogP contribution in [0.1, 0.15) is 17.5 Å². The highest BCUT2D eigenvalue weighted by atomic mass is 16.6. The van der Waals surface area contributed by atoms with Crippen LogP contribution in [0.4, 0.5) is 0 Å². The molecular weight excluding hydrogens is 276 g/mol. The molecular formula is C18H18N2O2. The Morgan fingerprint density at radius 1 is 1.09 bits per heavy atom. The van der Waals surface area contributed by atoms with Crippen molar-refractivity contribution in [2.45, 2.75) is 18.9 Å². The molecule has 1 aliphatic heterocycles. The molecule has 0 fully saturated rings. The standard InChI is InChI=1S/C18H18N2O2/c21-18(19-12-11-14-7-3-1-4-8-14)17-13-16(20-22-17)15-9-5-2-6-10-15/h1-10,17H,11-13H2,(H,19,21). The van der Waals surface area contributed by atoms with Gasteiger partial charge in [0, 0.05) is 13.0 Å². The first-order chi connectivity index (χ1) is 10.8. The Kier molecular flexibility index (Phi) is 4.49. The topological polar surface area (TPSA) is 50.7 Å². The fourth-order valence-electron chi connectivity index (χ4n) is 2.41. The van der Waals surface area contributed by atoms with Gasteiger partial charge in [0.2, 0.25) is 6.10 Å². The summed E-state index contributed by atoms with van der Waals surface area (Å²) in [6.07, 6.45) is 0.804. The third kappa shape index (κ3) is 3.52. The number of benzene rings is 2. The van der Waals surface area contributed by atoms with Crippen molar-refractivity contribution in [1.29, 1.82) is 0 Å². The molecule has 0 spiro atoms. The second kappa shape index (κ2) is 6.89. The molecule has 4 heteroatoms. The zero-order valence-electron chi connectivity index (χ0n) is 12.2. The van der Waals surface area contributed by atoms with Gasteiger partial charge in [-0.15, -0.1) is 0 Å². The highest BCUT2D eigenvalue weighted by Crippen LogP contribution is 2.16. The molecule has 1 amide bonds. The first-order valence-corrected chi connectivity index (χ1v) is 7.42. The Morgan fingerprint density at radius 2 is 1.77 bits per heavy atom. The molecule has 0 saturated heterocycles. The van der Waals surface area contributed by atoms with Crippen molar-refractivity contribution in [2.75, 3.05) is 6.54 Å². The molecule has 1 atom stereocenters. The van der Waals surface area contributed by atoms with Crippen LogP contribution in [0.2, 0.25) is 0 Å². The van der Waals surface area contributed by atoms with Crippen molar-refractivity contribution in [2.24, 2.45) is 5.16 Å². The van der Waals surface area contributed by atoms with Gasteiger partial charge >= 0.3 is 0 Å². The number of amides is 1. The van der Waals surface area contributed by atoms with Gasteiger partial charge in [-0.3, -0.25) is 4.79 Å².